The van der Waals surface area contributed by atoms with E-state index < -0.39 is 17.7 Å². The molecule has 158 valence electrons. The third-order valence-corrected chi connectivity index (χ3v) is 5.54. The number of amides is 1. The van der Waals surface area contributed by atoms with E-state index >= 15 is 0 Å². The summed E-state index contributed by atoms with van der Waals surface area (Å²) in [5.41, 5.74) is 1.54. The lowest BCUT2D eigenvalue weighted by molar-refractivity contribution is -0.140. The summed E-state index contributed by atoms with van der Waals surface area (Å²) in [5, 5.41) is 11.1. The summed E-state index contributed by atoms with van der Waals surface area (Å²) in [4.78, 5) is 29.4. The monoisotopic (exact) mass is 410 g/mol. The summed E-state index contributed by atoms with van der Waals surface area (Å²) in [6.45, 7) is 3.57. The van der Waals surface area contributed by atoms with E-state index in [1.165, 1.54) is 4.90 Å². The number of ether oxygens (including phenoxy) is 1. The Morgan fingerprint density at radius 2 is 2.03 bits per heavy atom. The molecule has 0 radical (unpaired) electrons. The predicted octanol–water partition coefficient (Wildman–Crippen LogP) is 2.90. The number of likely N-dealkylation sites (tertiary alicyclic amines) is 1. The van der Waals surface area contributed by atoms with Gasteiger partial charge in [0.25, 0.3) is 11.7 Å². The Labute approximate surface area is 175 Å². The van der Waals surface area contributed by atoms with Crippen molar-refractivity contribution in [3.05, 3.63) is 58.6 Å². The fraction of sp³-hybridized carbons (Fsp3) is 0.391. The molecule has 30 heavy (non-hydrogen) atoms. The zero-order chi connectivity index (χ0) is 21.4. The molecule has 2 aromatic rings. The number of rotatable bonds is 6. The zero-order valence-corrected chi connectivity index (χ0v) is 17.5. The first-order valence-electron chi connectivity index (χ1n) is 10.1. The summed E-state index contributed by atoms with van der Waals surface area (Å²) in [7, 11) is 3.91. The van der Waals surface area contributed by atoms with Crippen LogP contribution in [-0.4, -0.2) is 60.4 Å². The smallest absolute Gasteiger partial charge is 0.295 e. The van der Waals surface area contributed by atoms with E-state index in [1.807, 2.05) is 32.0 Å². The predicted molar refractivity (Wildman–Crippen MR) is 111 cm³/mol. The lowest BCUT2D eigenvalue weighted by atomic mass is 9.98. The van der Waals surface area contributed by atoms with Gasteiger partial charge in [0.15, 0.2) is 0 Å². The average molecular weight is 410 g/mol. The van der Waals surface area contributed by atoms with Crippen LogP contribution in [0.25, 0.3) is 5.76 Å². The number of aliphatic hydroxyl groups excluding tert-OH is 1. The highest BCUT2D eigenvalue weighted by Gasteiger charge is 2.47. The van der Waals surface area contributed by atoms with Crippen LogP contribution in [-0.2, 0) is 16.0 Å². The maximum absolute atomic E-state index is 13.0. The third kappa shape index (κ3) is 3.61. The van der Waals surface area contributed by atoms with Crippen molar-refractivity contribution in [2.45, 2.75) is 25.8 Å². The molecule has 2 aliphatic heterocycles. The Balaban J connectivity index is 1.76. The quantitative estimate of drug-likeness (QED) is 0.448. The van der Waals surface area contributed by atoms with Crippen LogP contribution >= 0.6 is 0 Å². The lowest BCUT2D eigenvalue weighted by Crippen LogP contribution is -2.32. The number of nitrogens with zero attached hydrogens (tertiary/aromatic N) is 2. The van der Waals surface area contributed by atoms with Gasteiger partial charge in [-0.25, -0.2) is 0 Å². The van der Waals surface area contributed by atoms with Crippen LogP contribution in [0.3, 0.4) is 0 Å². The molecule has 1 N–H and O–H groups in total. The minimum atomic E-state index is -0.745. The fourth-order valence-electron chi connectivity index (χ4n) is 4.05. The van der Waals surface area contributed by atoms with E-state index in [0.29, 0.717) is 36.7 Å². The maximum atomic E-state index is 13.0. The number of ketones is 1. The van der Waals surface area contributed by atoms with Gasteiger partial charge in [0, 0.05) is 18.5 Å². The van der Waals surface area contributed by atoms with Gasteiger partial charge in [-0.2, -0.15) is 0 Å². The molecule has 4 rings (SSSR count). The van der Waals surface area contributed by atoms with Crippen LogP contribution < -0.4 is 4.74 Å². The summed E-state index contributed by atoms with van der Waals surface area (Å²) in [6.07, 6.45) is 1.45. The van der Waals surface area contributed by atoms with Crippen molar-refractivity contribution in [2.75, 3.05) is 33.8 Å². The normalized spacial score (nSPS) is 20.1. The summed E-state index contributed by atoms with van der Waals surface area (Å²) in [5.74, 6) is 0.458. The standard InChI is InChI=1S/C23H26N2O5/c1-14-5-7-18(30-14)20-19(22(27)23(28)25(20)11-4-10-24(2)3)21(26)16-6-8-17-15(13-16)9-12-29-17/h5-8,13,20,26H,4,9-12H2,1-3H3/b21-19-. The topological polar surface area (TPSA) is 83.2 Å². The van der Waals surface area contributed by atoms with E-state index in [0.717, 1.165) is 24.3 Å². The molecule has 1 aromatic carbocycles. The molecule has 7 nitrogen and oxygen atoms in total. The minimum Gasteiger partial charge on any atom is -0.507 e. The Bertz CT molecular complexity index is 1020. The van der Waals surface area contributed by atoms with Crippen LogP contribution in [0.2, 0.25) is 0 Å². The average Bonchev–Trinajstić information content (AvgIpc) is 3.41. The second kappa shape index (κ2) is 7.99. The molecular weight excluding hydrogens is 384 g/mol. The van der Waals surface area contributed by atoms with Gasteiger partial charge in [0.05, 0.1) is 12.2 Å². The Morgan fingerprint density at radius 1 is 1.23 bits per heavy atom. The van der Waals surface area contributed by atoms with Gasteiger partial charge in [-0.05, 0) is 69.9 Å². The van der Waals surface area contributed by atoms with Crippen LogP contribution in [0.5, 0.6) is 5.75 Å². The van der Waals surface area contributed by atoms with Crippen molar-refractivity contribution in [1.82, 2.24) is 9.80 Å². The molecule has 1 aromatic heterocycles. The highest BCUT2D eigenvalue weighted by atomic mass is 16.5. The molecule has 0 saturated carbocycles. The number of aliphatic hydroxyl groups is 1. The van der Waals surface area contributed by atoms with Crippen molar-refractivity contribution in [3.63, 3.8) is 0 Å². The highest BCUT2D eigenvalue weighted by Crippen LogP contribution is 2.40. The molecule has 0 aliphatic carbocycles. The van der Waals surface area contributed by atoms with Gasteiger partial charge in [0.2, 0.25) is 0 Å². The first-order chi connectivity index (χ1) is 14.4. The number of fused-ring (bicyclic) bond motifs is 1. The third-order valence-electron chi connectivity index (χ3n) is 5.54. The first-order valence-corrected chi connectivity index (χ1v) is 10.1. The van der Waals surface area contributed by atoms with Crippen molar-refractivity contribution >= 4 is 17.4 Å². The fourth-order valence-corrected chi connectivity index (χ4v) is 4.05. The van der Waals surface area contributed by atoms with Crippen LogP contribution in [0.15, 0.2) is 40.3 Å². The molecule has 7 heteroatoms. The zero-order valence-electron chi connectivity index (χ0n) is 17.5. The first kappa shape index (κ1) is 20.2. The van der Waals surface area contributed by atoms with Gasteiger partial charge >= 0.3 is 0 Å². The number of benzene rings is 1. The van der Waals surface area contributed by atoms with Gasteiger partial charge in [-0.1, -0.05) is 0 Å². The van der Waals surface area contributed by atoms with Crippen molar-refractivity contribution < 1.29 is 23.8 Å². The van der Waals surface area contributed by atoms with Crippen molar-refractivity contribution in [2.24, 2.45) is 0 Å². The Kier molecular flexibility index (Phi) is 5.39. The van der Waals surface area contributed by atoms with Gasteiger partial charge in [-0.15, -0.1) is 0 Å². The van der Waals surface area contributed by atoms with E-state index in [1.54, 1.807) is 24.3 Å². The van der Waals surface area contributed by atoms with Crippen molar-refractivity contribution in [1.29, 1.82) is 0 Å². The van der Waals surface area contributed by atoms with Crippen LogP contribution in [0, 0.1) is 6.92 Å². The molecule has 1 atom stereocenters. The van der Waals surface area contributed by atoms with Gasteiger partial charge < -0.3 is 24.1 Å². The summed E-state index contributed by atoms with van der Waals surface area (Å²) in [6, 6.07) is 8.13. The number of furan rings is 1. The second-order valence-electron chi connectivity index (χ2n) is 8.02. The van der Waals surface area contributed by atoms with Gasteiger partial charge in [-0.3, -0.25) is 9.59 Å². The number of hydrogen-bond acceptors (Lipinski definition) is 6. The maximum Gasteiger partial charge on any atom is 0.295 e. The van der Waals surface area contributed by atoms with E-state index in [9.17, 15) is 14.7 Å². The van der Waals surface area contributed by atoms with Crippen LogP contribution in [0.1, 0.15) is 35.1 Å². The Morgan fingerprint density at radius 3 is 2.73 bits per heavy atom. The number of hydrogen-bond donors (Lipinski definition) is 1. The molecule has 1 unspecified atom stereocenters. The number of Topliss-reactive ketones (excluding diaryl/α,β-unsaturated/α-hetero) is 1. The molecule has 0 bridgehead atoms. The molecular formula is C23H26N2O5. The molecule has 3 heterocycles. The van der Waals surface area contributed by atoms with Crippen LogP contribution in [0.4, 0.5) is 0 Å². The van der Waals surface area contributed by atoms with E-state index in [-0.39, 0.29) is 11.3 Å². The molecule has 1 amide bonds. The van der Waals surface area contributed by atoms with E-state index in [2.05, 4.69) is 0 Å². The summed E-state index contributed by atoms with van der Waals surface area (Å²) >= 11 is 0. The molecule has 1 saturated heterocycles. The number of carbonyl (C=O) groups is 2. The minimum absolute atomic E-state index is 0.0677. The molecule has 0 spiro atoms. The number of carbonyl (C=O) groups excluding carboxylic acids is 2. The number of aryl methyl sites for hydroxylation is 1. The Hall–Kier alpha value is -3.06. The van der Waals surface area contributed by atoms with Crippen molar-refractivity contribution in [3.8, 4) is 5.75 Å². The molecule has 1 fully saturated rings. The second-order valence-corrected chi connectivity index (χ2v) is 8.02. The SMILES string of the molecule is Cc1ccc(C2/C(=C(/O)c3ccc4c(c3)CCO4)C(=O)C(=O)N2CCCN(C)C)o1. The lowest BCUT2D eigenvalue weighted by Gasteiger charge is -2.24. The largest absolute Gasteiger partial charge is 0.507 e. The van der Waals surface area contributed by atoms with Gasteiger partial charge in [0.1, 0.15) is 29.1 Å². The molecule has 2 aliphatic rings. The van der Waals surface area contributed by atoms with E-state index in [4.69, 9.17) is 9.15 Å². The highest BCUT2D eigenvalue weighted by molar-refractivity contribution is 6.46. The summed E-state index contributed by atoms with van der Waals surface area (Å²) < 4.78 is 11.3.